The molecule has 0 radical (unpaired) electrons. The second-order valence-electron chi connectivity index (χ2n) is 10.0. The molecule has 1 aliphatic carbocycles. The number of ether oxygens (including phenoxy) is 2. The molecule has 0 aromatic heterocycles. The van der Waals surface area contributed by atoms with Gasteiger partial charge in [-0.1, -0.05) is 37.6 Å². The molecule has 36 heavy (non-hydrogen) atoms. The van der Waals surface area contributed by atoms with Gasteiger partial charge in [-0.25, -0.2) is 0 Å². The number of hydrogen-bond donors (Lipinski definition) is 2. The lowest BCUT2D eigenvalue weighted by Crippen LogP contribution is -2.33. The van der Waals surface area contributed by atoms with E-state index in [1.54, 1.807) is 18.2 Å². The summed E-state index contributed by atoms with van der Waals surface area (Å²) < 4.78 is 11.7. The molecule has 1 amide bonds. The molecule has 2 aromatic carbocycles. The number of carbonyl (C=O) groups is 2. The highest BCUT2D eigenvalue weighted by molar-refractivity contribution is 6.30. The maximum Gasteiger partial charge on any atom is 0.262 e. The van der Waals surface area contributed by atoms with Gasteiger partial charge < -0.3 is 20.5 Å². The van der Waals surface area contributed by atoms with Gasteiger partial charge in [-0.2, -0.15) is 5.26 Å². The number of rotatable bonds is 5. The molecule has 0 saturated carbocycles. The number of ketones is 1. The summed E-state index contributed by atoms with van der Waals surface area (Å²) in [6.07, 6.45) is 0.804. The highest BCUT2D eigenvalue weighted by atomic mass is 35.5. The first-order chi connectivity index (χ1) is 17.0. The lowest BCUT2D eigenvalue weighted by molar-refractivity contribution is -0.119. The van der Waals surface area contributed by atoms with E-state index in [1.807, 2.05) is 45.9 Å². The zero-order chi connectivity index (χ0) is 26.2. The van der Waals surface area contributed by atoms with Crippen LogP contribution >= 0.6 is 11.6 Å². The molecule has 2 aliphatic rings. The Bertz CT molecular complexity index is 1370. The van der Waals surface area contributed by atoms with Crippen LogP contribution < -0.4 is 15.8 Å². The largest absolute Gasteiger partial charge is 0.483 e. The highest BCUT2D eigenvalue weighted by Crippen LogP contribution is 2.49. The maximum atomic E-state index is 13.3. The summed E-state index contributed by atoms with van der Waals surface area (Å²) in [5.41, 5.74) is 9.45. The molecule has 3 N–H and O–H groups in total. The minimum absolute atomic E-state index is 0.0506. The van der Waals surface area contributed by atoms with Crippen molar-refractivity contribution >= 4 is 29.0 Å². The van der Waals surface area contributed by atoms with Crippen LogP contribution in [0.15, 0.2) is 59.2 Å². The van der Waals surface area contributed by atoms with E-state index in [1.165, 1.54) is 0 Å². The Balaban J connectivity index is 1.68. The third-order valence-electron chi connectivity index (χ3n) is 6.38. The maximum absolute atomic E-state index is 13.3. The highest BCUT2D eigenvalue weighted by Gasteiger charge is 2.43. The average Bonchev–Trinajstić information content (AvgIpc) is 2.79. The average molecular weight is 506 g/mol. The van der Waals surface area contributed by atoms with E-state index in [0.29, 0.717) is 46.2 Å². The van der Waals surface area contributed by atoms with Crippen molar-refractivity contribution in [1.29, 1.82) is 5.26 Å². The van der Waals surface area contributed by atoms with Crippen LogP contribution in [0.25, 0.3) is 0 Å². The molecule has 1 heterocycles. The van der Waals surface area contributed by atoms with Crippen molar-refractivity contribution in [3.05, 3.63) is 80.9 Å². The fourth-order valence-electron chi connectivity index (χ4n) is 4.67. The van der Waals surface area contributed by atoms with Crippen molar-refractivity contribution in [3.8, 4) is 11.8 Å². The van der Waals surface area contributed by atoms with Crippen LogP contribution in [0, 0.1) is 30.6 Å². The van der Waals surface area contributed by atoms with Crippen LogP contribution in [-0.2, 0) is 14.3 Å². The number of halogens is 1. The summed E-state index contributed by atoms with van der Waals surface area (Å²) in [6, 6.07) is 12.8. The molecule has 1 aliphatic heterocycles. The van der Waals surface area contributed by atoms with Gasteiger partial charge in [0, 0.05) is 34.7 Å². The Morgan fingerprint density at radius 3 is 2.72 bits per heavy atom. The van der Waals surface area contributed by atoms with Crippen molar-refractivity contribution in [2.45, 2.75) is 46.5 Å². The second-order valence-corrected chi connectivity index (χ2v) is 10.5. The third kappa shape index (κ3) is 5.09. The number of amides is 1. The predicted octanol–water partition coefficient (Wildman–Crippen LogP) is 5.43. The van der Waals surface area contributed by atoms with Gasteiger partial charge in [0.05, 0.1) is 5.92 Å². The number of carbonyl (C=O) groups excluding carboxylic acids is 2. The zero-order valence-electron chi connectivity index (χ0n) is 20.7. The number of allylic oxidation sites excluding steroid dienone is 3. The van der Waals surface area contributed by atoms with Crippen molar-refractivity contribution in [3.63, 3.8) is 0 Å². The number of aryl methyl sites for hydroxylation is 2. The topological polar surface area (TPSA) is 114 Å². The van der Waals surface area contributed by atoms with Gasteiger partial charge in [0.2, 0.25) is 5.88 Å². The summed E-state index contributed by atoms with van der Waals surface area (Å²) in [5, 5.41) is 13.2. The van der Waals surface area contributed by atoms with Gasteiger partial charge in [-0.05, 0) is 54.7 Å². The molecule has 7 nitrogen and oxygen atoms in total. The monoisotopic (exact) mass is 505 g/mol. The molecule has 186 valence electrons. The predicted molar refractivity (Wildman–Crippen MR) is 137 cm³/mol. The minimum Gasteiger partial charge on any atom is -0.483 e. The van der Waals surface area contributed by atoms with E-state index in [-0.39, 0.29) is 35.2 Å². The summed E-state index contributed by atoms with van der Waals surface area (Å²) in [6.45, 7) is 7.54. The van der Waals surface area contributed by atoms with E-state index in [4.69, 9.17) is 26.8 Å². The van der Waals surface area contributed by atoms with Crippen LogP contribution in [0.5, 0.6) is 5.75 Å². The molecule has 0 fully saturated rings. The van der Waals surface area contributed by atoms with Gasteiger partial charge in [0.25, 0.3) is 5.91 Å². The smallest absolute Gasteiger partial charge is 0.262 e. The van der Waals surface area contributed by atoms with E-state index in [2.05, 4.69) is 11.4 Å². The molecule has 0 bridgehead atoms. The van der Waals surface area contributed by atoms with Crippen molar-refractivity contribution in [2.24, 2.45) is 11.1 Å². The Hall–Kier alpha value is -3.76. The summed E-state index contributed by atoms with van der Waals surface area (Å²) in [5.74, 6) is -0.542. The molecule has 1 unspecified atom stereocenters. The number of anilines is 1. The van der Waals surface area contributed by atoms with Gasteiger partial charge in [0.1, 0.15) is 23.2 Å². The first-order valence-electron chi connectivity index (χ1n) is 11.6. The number of nitrogens with one attached hydrogen (secondary N) is 1. The molecule has 1 atom stereocenters. The van der Waals surface area contributed by atoms with E-state index < -0.39 is 5.92 Å². The number of hydrogen-bond acceptors (Lipinski definition) is 6. The quantitative estimate of drug-likeness (QED) is 0.560. The van der Waals surface area contributed by atoms with E-state index >= 15 is 0 Å². The Kier molecular flexibility index (Phi) is 6.83. The van der Waals surface area contributed by atoms with Crippen LogP contribution in [0.2, 0.25) is 5.02 Å². The summed E-state index contributed by atoms with van der Waals surface area (Å²) in [7, 11) is 0. The zero-order valence-corrected chi connectivity index (χ0v) is 21.5. The lowest BCUT2D eigenvalue weighted by atomic mass is 9.70. The summed E-state index contributed by atoms with van der Waals surface area (Å²) >= 11 is 6.33. The van der Waals surface area contributed by atoms with E-state index in [9.17, 15) is 14.9 Å². The van der Waals surface area contributed by atoms with Gasteiger partial charge in [-0.15, -0.1) is 0 Å². The molecule has 0 spiro atoms. The van der Waals surface area contributed by atoms with Crippen molar-refractivity contribution in [1.82, 2.24) is 0 Å². The van der Waals surface area contributed by atoms with Crippen LogP contribution in [0.4, 0.5) is 5.69 Å². The van der Waals surface area contributed by atoms with Crippen LogP contribution in [0.3, 0.4) is 0 Å². The minimum atomic E-state index is -0.807. The number of nitrogens with zero attached hydrogens (tertiary/aromatic N) is 1. The lowest BCUT2D eigenvalue weighted by Gasteiger charge is -2.37. The Morgan fingerprint density at radius 2 is 2.00 bits per heavy atom. The molecule has 8 heteroatoms. The van der Waals surface area contributed by atoms with Gasteiger partial charge >= 0.3 is 0 Å². The third-order valence-corrected chi connectivity index (χ3v) is 6.62. The SMILES string of the molecule is Cc1ccc(C)c(NC(=O)COc2ccc(Cl)cc2C2C(C#N)=C(N)OC3=C2C(=O)CC(C)(C)C3)c1. The van der Waals surface area contributed by atoms with Crippen LogP contribution in [-0.4, -0.2) is 18.3 Å². The first kappa shape index (κ1) is 25.3. The fraction of sp³-hybridized carbons (Fsp3) is 0.321. The van der Waals surface area contributed by atoms with E-state index in [0.717, 1.165) is 11.1 Å². The van der Waals surface area contributed by atoms with Crippen molar-refractivity contribution in [2.75, 3.05) is 11.9 Å². The van der Waals surface area contributed by atoms with Gasteiger partial charge in [-0.3, -0.25) is 9.59 Å². The molecule has 2 aromatic rings. The second kappa shape index (κ2) is 9.71. The normalized spacial score (nSPS) is 18.8. The molecular formula is C28H28ClN3O4. The number of nitrogens with two attached hydrogens (primary N) is 1. The Labute approximate surface area is 215 Å². The Morgan fingerprint density at radius 1 is 1.25 bits per heavy atom. The number of benzene rings is 2. The number of nitriles is 1. The van der Waals surface area contributed by atoms with Crippen molar-refractivity contribution < 1.29 is 19.1 Å². The first-order valence-corrected chi connectivity index (χ1v) is 12.0. The molecule has 0 saturated heterocycles. The van der Waals surface area contributed by atoms with Crippen LogP contribution in [0.1, 0.15) is 49.3 Å². The van der Waals surface area contributed by atoms with Gasteiger partial charge in [0.15, 0.2) is 12.4 Å². The number of Topliss-reactive ketones (excluding diaryl/α,β-unsaturated/α-hetero) is 1. The fourth-order valence-corrected chi connectivity index (χ4v) is 4.85. The summed E-state index contributed by atoms with van der Waals surface area (Å²) in [4.78, 5) is 26.0. The molecule has 4 rings (SSSR count). The molecular weight excluding hydrogens is 478 g/mol. The standard InChI is InChI=1S/C28H28ClN3O4/c1-15-5-6-16(2)20(9-15)32-24(34)14-35-22-8-7-17(29)10-18(22)25-19(13-30)27(31)36-23-12-28(3,4)11-21(33)26(23)25/h5-10,25H,11-12,14,31H2,1-4H3,(H,32,34).